The van der Waals surface area contributed by atoms with Crippen LogP contribution in [0, 0.1) is 0 Å². The second-order valence-electron chi connectivity index (χ2n) is 7.02. The highest BCUT2D eigenvalue weighted by Gasteiger charge is 2.25. The van der Waals surface area contributed by atoms with Crippen molar-refractivity contribution >= 4 is 16.6 Å². The quantitative estimate of drug-likeness (QED) is 0.513. The Morgan fingerprint density at radius 1 is 1.11 bits per heavy atom. The fourth-order valence-electron chi connectivity index (χ4n) is 3.21. The highest BCUT2D eigenvalue weighted by molar-refractivity contribution is 5.97. The van der Waals surface area contributed by atoms with Crippen molar-refractivity contribution in [3.63, 3.8) is 0 Å². The minimum absolute atomic E-state index is 0.0367. The van der Waals surface area contributed by atoms with Gasteiger partial charge < -0.3 is 4.57 Å². The maximum atomic E-state index is 12.6. The lowest BCUT2D eigenvalue weighted by Crippen LogP contribution is -2.04. The molecule has 0 atom stereocenters. The Kier molecular flexibility index (Phi) is 3.60. The van der Waals surface area contributed by atoms with Crippen molar-refractivity contribution in [2.75, 3.05) is 0 Å². The molecule has 0 unspecified atom stereocenters. The molecule has 7 nitrogen and oxygen atoms in total. The van der Waals surface area contributed by atoms with Crippen LogP contribution < -0.4 is 0 Å². The van der Waals surface area contributed by atoms with Crippen molar-refractivity contribution in [3.05, 3.63) is 60.7 Å². The van der Waals surface area contributed by atoms with E-state index in [2.05, 4.69) is 20.1 Å². The smallest absolute Gasteiger partial charge is 0.171 e. The summed E-state index contributed by atoms with van der Waals surface area (Å²) in [5, 5.41) is 6.25. The van der Waals surface area contributed by atoms with Crippen LogP contribution in [0.1, 0.15) is 34.9 Å². The molecule has 1 aliphatic rings. The van der Waals surface area contributed by atoms with E-state index in [1.165, 1.54) is 0 Å². The highest BCUT2D eigenvalue weighted by Crippen LogP contribution is 2.34. The van der Waals surface area contributed by atoms with Crippen molar-refractivity contribution in [2.24, 2.45) is 7.05 Å². The molecular weight excluding hydrogens is 340 g/mol. The fraction of sp³-hybridized carbons (Fsp3) is 0.250. The van der Waals surface area contributed by atoms with E-state index in [9.17, 15) is 4.79 Å². The van der Waals surface area contributed by atoms with Crippen LogP contribution in [0.2, 0.25) is 0 Å². The summed E-state index contributed by atoms with van der Waals surface area (Å²) in [7, 11) is 1.94. The molecule has 1 saturated carbocycles. The Morgan fingerprint density at radius 2 is 1.96 bits per heavy atom. The molecular formula is C20H18N6O. The number of hydrogen-bond donors (Lipinski definition) is 0. The van der Waals surface area contributed by atoms with Crippen LogP contribution in [0.3, 0.4) is 0 Å². The average molecular weight is 358 g/mol. The van der Waals surface area contributed by atoms with Crippen molar-refractivity contribution < 1.29 is 4.79 Å². The van der Waals surface area contributed by atoms with E-state index >= 15 is 0 Å². The van der Waals surface area contributed by atoms with Crippen molar-refractivity contribution in [3.8, 4) is 11.4 Å². The molecule has 27 heavy (non-hydrogen) atoms. The van der Waals surface area contributed by atoms with Gasteiger partial charge >= 0.3 is 0 Å². The summed E-state index contributed by atoms with van der Waals surface area (Å²) in [6.07, 6.45) is 13.2. The van der Waals surface area contributed by atoms with Crippen LogP contribution in [0.15, 0.2) is 49.4 Å². The SMILES string of the molecule is Cn1cncc1-c1cc2cc(CC(=O)c3cnn(C4CC4)c3)ncc2cn1. The van der Waals surface area contributed by atoms with E-state index in [0.29, 0.717) is 11.6 Å². The number of nitrogens with zero attached hydrogens (tertiary/aromatic N) is 6. The lowest BCUT2D eigenvalue weighted by molar-refractivity contribution is 0.0992. The van der Waals surface area contributed by atoms with Gasteiger partial charge in [-0.05, 0) is 30.4 Å². The first-order valence-corrected chi connectivity index (χ1v) is 8.96. The Labute approximate surface area is 155 Å². The largest absolute Gasteiger partial charge is 0.332 e. The normalized spacial score (nSPS) is 14.0. The number of fused-ring (bicyclic) bond motifs is 1. The minimum atomic E-state index is 0.0367. The lowest BCUT2D eigenvalue weighted by atomic mass is 10.1. The van der Waals surface area contributed by atoms with Gasteiger partial charge in [-0.15, -0.1) is 0 Å². The van der Waals surface area contributed by atoms with Crippen molar-refractivity contribution in [1.29, 1.82) is 0 Å². The molecule has 0 radical (unpaired) electrons. The molecule has 4 aromatic heterocycles. The third kappa shape index (κ3) is 3.01. The van der Waals surface area contributed by atoms with Gasteiger partial charge in [-0.1, -0.05) is 0 Å². The topological polar surface area (TPSA) is 78.5 Å². The summed E-state index contributed by atoms with van der Waals surface area (Å²) in [5.74, 6) is 0.0367. The number of rotatable bonds is 5. The Bertz CT molecular complexity index is 1150. The summed E-state index contributed by atoms with van der Waals surface area (Å²) in [5.41, 5.74) is 3.18. The summed E-state index contributed by atoms with van der Waals surface area (Å²) in [6.45, 7) is 0. The van der Waals surface area contributed by atoms with Gasteiger partial charge in [0.1, 0.15) is 0 Å². The summed E-state index contributed by atoms with van der Waals surface area (Å²) >= 11 is 0. The predicted molar refractivity (Wildman–Crippen MR) is 100 cm³/mol. The van der Waals surface area contributed by atoms with E-state index in [1.807, 2.05) is 34.6 Å². The van der Waals surface area contributed by atoms with Gasteiger partial charge in [-0.2, -0.15) is 5.10 Å². The Balaban J connectivity index is 1.42. The number of pyridine rings is 2. The molecule has 0 aromatic carbocycles. The Hall–Kier alpha value is -3.35. The average Bonchev–Trinajstić information content (AvgIpc) is 3.24. The van der Waals surface area contributed by atoms with E-state index in [0.717, 1.165) is 40.7 Å². The number of hydrogen-bond acceptors (Lipinski definition) is 5. The van der Waals surface area contributed by atoms with E-state index in [-0.39, 0.29) is 12.2 Å². The van der Waals surface area contributed by atoms with Crippen LogP contribution in [0.4, 0.5) is 0 Å². The molecule has 1 aliphatic carbocycles. The van der Waals surface area contributed by atoms with Gasteiger partial charge in [0.25, 0.3) is 0 Å². The molecule has 0 amide bonds. The second-order valence-corrected chi connectivity index (χ2v) is 7.02. The van der Waals surface area contributed by atoms with Gasteiger partial charge in [0.2, 0.25) is 0 Å². The van der Waals surface area contributed by atoms with Gasteiger partial charge in [0, 0.05) is 36.7 Å². The van der Waals surface area contributed by atoms with Crippen LogP contribution >= 0.6 is 0 Å². The molecule has 0 bridgehead atoms. The van der Waals surface area contributed by atoms with Crippen LogP contribution in [-0.2, 0) is 13.5 Å². The Morgan fingerprint density at radius 3 is 2.74 bits per heavy atom. The number of carbonyl (C=O) groups is 1. The molecule has 5 rings (SSSR count). The van der Waals surface area contributed by atoms with Gasteiger partial charge in [0.05, 0.1) is 48.1 Å². The molecule has 0 aliphatic heterocycles. The first kappa shape index (κ1) is 15.9. The lowest BCUT2D eigenvalue weighted by Gasteiger charge is -2.05. The molecule has 0 N–H and O–H groups in total. The van der Waals surface area contributed by atoms with E-state index < -0.39 is 0 Å². The van der Waals surface area contributed by atoms with Crippen molar-refractivity contribution in [1.82, 2.24) is 29.3 Å². The predicted octanol–water partition coefficient (Wildman–Crippen LogP) is 2.99. The highest BCUT2D eigenvalue weighted by atomic mass is 16.1. The zero-order chi connectivity index (χ0) is 18.4. The monoisotopic (exact) mass is 358 g/mol. The van der Waals surface area contributed by atoms with Crippen molar-refractivity contribution in [2.45, 2.75) is 25.3 Å². The molecule has 4 heterocycles. The van der Waals surface area contributed by atoms with Crippen LogP contribution in [-0.4, -0.2) is 35.1 Å². The first-order valence-electron chi connectivity index (χ1n) is 8.96. The number of Topliss-reactive ketones (excluding diaryl/α,β-unsaturated/α-hetero) is 1. The molecule has 134 valence electrons. The van der Waals surface area contributed by atoms with E-state index in [1.54, 1.807) is 31.1 Å². The molecule has 0 spiro atoms. The number of carbonyl (C=O) groups excluding carboxylic acids is 1. The number of aromatic nitrogens is 6. The summed E-state index contributed by atoms with van der Waals surface area (Å²) in [4.78, 5) is 25.7. The molecule has 7 heteroatoms. The number of ketones is 1. The van der Waals surface area contributed by atoms with Crippen LogP contribution in [0.25, 0.3) is 22.2 Å². The standard InChI is InChI=1S/C20H18N6O/c1-25-12-21-10-19(25)18-5-13-4-16(22-7-14(13)8-23-18)6-20(27)15-9-24-26(11-15)17-2-3-17/h4-5,7-12,17H,2-3,6H2,1H3. The maximum Gasteiger partial charge on any atom is 0.171 e. The summed E-state index contributed by atoms with van der Waals surface area (Å²) < 4.78 is 3.82. The number of aryl methyl sites for hydroxylation is 1. The fourth-order valence-corrected chi connectivity index (χ4v) is 3.21. The van der Waals surface area contributed by atoms with Gasteiger partial charge in [-0.25, -0.2) is 4.98 Å². The number of imidazole rings is 1. The van der Waals surface area contributed by atoms with Gasteiger partial charge in [-0.3, -0.25) is 19.4 Å². The minimum Gasteiger partial charge on any atom is -0.332 e. The zero-order valence-electron chi connectivity index (χ0n) is 14.9. The second kappa shape index (κ2) is 6.12. The first-order chi connectivity index (χ1) is 13.2. The molecule has 1 fully saturated rings. The third-order valence-electron chi connectivity index (χ3n) is 4.93. The summed E-state index contributed by atoms with van der Waals surface area (Å²) in [6, 6.07) is 4.44. The zero-order valence-corrected chi connectivity index (χ0v) is 14.9. The molecule has 0 saturated heterocycles. The maximum absolute atomic E-state index is 12.6. The third-order valence-corrected chi connectivity index (χ3v) is 4.93. The van der Waals surface area contributed by atoms with Gasteiger partial charge in [0.15, 0.2) is 5.78 Å². The van der Waals surface area contributed by atoms with Crippen LogP contribution in [0.5, 0.6) is 0 Å². The van der Waals surface area contributed by atoms with E-state index in [4.69, 9.17) is 0 Å². The molecule has 4 aromatic rings.